The quantitative estimate of drug-likeness (QED) is 0.659. The number of carbonyl (C=O) groups is 2. The zero-order valence-corrected chi connectivity index (χ0v) is 17.1. The largest absolute Gasteiger partial charge is 0.494 e. The number of carbonyl (C=O) groups excluding carboxylic acids is 2. The van der Waals surface area contributed by atoms with E-state index >= 15 is 0 Å². The summed E-state index contributed by atoms with van der Waals surface area (Å²) in [6.45, 7) is 4.23. The molecule has 0 atom stereocenters. The first-order valence-electron chi connectivity index (χ1n) is 9.76. The molecule has 0 N–H and O–H groups in total. The highest BCUT2D eigenvalue weighted by atomic mass is 35.5. The highest BCUT2D eigenvalue weighted by molar-refractivity contribution is 6.31. The van der Waals surface area contributed by atoms with Crippen molar-refractivity contribution in [2.45, 2.75) is 19.8 Å². The Labute approximate surface area is 175 Å². The summed E-state index contributed by atoms with van der Waals surface area (Å²) >= 11 is 5.88. The lowest BCUT2D eigenvalue weighted by atomic mass is 10.1. The molecule has 2 aromatic rings. The smallest absolute Gasteiger partial charge is 0.257 e. The van der Waals surface area contributed by atoms with E-state index in [9.17, 15) is 14.0 Å². The van der Waals surface area contributed by atoms with Crippen LogP contribution in [0.5, 0.6) is 5.75 Å². The van der Waals surface area contributed by atoms with Crippen molar-refractivity contribution in [3.8, 4) is 5.75 Å². The van der Waals surface area contributed by atoms with Gasteiger partial charge >= 0.3 is 0 Å². The molecule has 0 bridgehead atoms. The first kappa shape index (κ1) is 21.1. The molecule has 1 aliphatic heterocycles. The number of rotatable bonds is 6. The van der Waals surface area contributed by atoms with Gasteiger partial charge in [-0.3, -0.25) is 9.59 Å². The monoisotopic (exact) mass is 418 g/mol. The lowest BCUT2D eigenvalue weighted by molar-refractivity contribution is 0.0533. The average Bonchev–Trinajstić information content (AvgIpc) is 2.75. The predicted molar refractivity (Wildman–Crippen MR) is 110 cm³/mol. The molecule has 0 radical (unpaired) electrons. The molecule has 0 saturated carbocycles. The zero-order valence-electron chi connectivity index (χ0n) is 16.4. The van der Waals surface area contributed by atoms with Gasteiger partial charge in [0, 0.05) is 36.8 Å². The molecule has 0 spiro atoms. The number of unbranched alkanes of at least 4 members (excludes halogenated alkanes) is 1. The second-order valence-corrected chi connectivity index (χ2v) is 7.37. The predicted octanol–water partition coefficient (Wildman–Crippen LogP) is 4.26. The highest BCUT2D eigenvalue weighted by Gasteiger charge is 2.27. The standard InChI is InChI=1S/C22H24ClFN2O3/c1-2-3-14-29-18-7-4-16(5-8-18)21(27)25-10-12-26(13-11-25)22(28)19-15-17(23)6-9-20(19)24/h4-9,15H,2-3,10-14H2,1H3. The fourth-order valence-corrected chi connectivity index (χ4v) is 3.33. The molecule has 0 unspecified atom stereocenters. The van der Waals surface area contributed by atoms with Crippen molar-refractivity contribution in [3.63, 3.8) is 0 Å². The number of amides is 2. The van der Waals surface area contributed by atoms with Crippen LogP contribution in [0.2, 0.25) is 5.02 Å². The molecular formula is C22H24ClFN2O3. The van der Waals surface area contributed by atoms with Gasteiger partial charge in [-0.05, 0) is 48.9 Å². The van der Waals surface area contributed by atoms with E-state index in [-0.39, 0.29) is 11.5 Å². The number of hydrogen-bond donors (Lipinski definition) is 0. The molecule has 2 aromatic carbocycles. The van der Waals surface area contributed by atoms with Crippen LogP contribution < -0.4 is 4.74 Å². The van der Waals surface area contributed by atoms with Crippen molar-refractivity contribution in [1.82, 2.24) is 9.80 Å². The first-order chi connectivity index (χ1) is 14.0. The number of nitrogens with zero attached hydrogens (tertiary/aromatic N) is 2. The van der Waals surface area contributed by atoms with E-state index in [4.69, 9.17) is 16.3 Å². The average molecular weight is 419 g/mol. The fourth-order valence-electron chi connectivity index (χ4n) is 3.16. The van der Waals surface area contributed by atoms with Crippen molar-refractivity contribution in [2.24, 2.45) is 0 Å². The van der Waals surface area contributed by atoms with Crippen molar-refractivity contribution in [1.29, 1.82) is 0 Å². The maximum atomic E-state index is 14.0. The Bertz CT molecular complexity index is 865. The van der Waals surface area contributed by atoms with E-state index in [1.54, 1.807) is 34.1 Å². The van der Waals surface area contributed by atoms with Crippen molar-refractivity contribution < 1.29 is 18.7 Å². The van der Waals surface area contributed by atoms with Gasteiger partial charge in [0.1, 0.15) is 11.6 Å². The van der Waals surface area contributed by atoms with E-state index in [0.29, 0.717) is 43.4 Å². The van der Waals surface area contributed by atoms with Crippen LogP contribution in [0, 0.1) is 5.82 Å². The number of benzene rings is 2. The lowest BCUT2D eigenvalue weighted by Crippen LogP contribution is -2.50. The Balaban J connectivity index is 1.56. The SMILES string of the molecule is CCCCOc1ccc(C(=O)N2CCN(C(=O)c3cc(Cl)ccc3F)CC2)cc1. The summed E-state index contributed by atoms with van der Waals surface area (Å²) in [7, 11) is 0. The minimum absolute atomic E-state index is 0.0454. The molecular weight excluding hydrogens is 395 g/mol. The maximum Gasteiger partial charge on any atom is 0.257 e. The summed E-state index contributed by atoms with van der Waals surface area (Å²) < 4.78 is 19.6. The van der Waals surface area contributed by atoms with E-state index in [1.807, 2.05) is 0 Å². The van der Waals surface area contributed by atoms with Crippen LogP contribution in [0.4, 0.5) is 4.39 Å². The van der Waals surface area contributed by atoms with E-state index < -0.39 is 11.7 Å². The van der Waals surface area contributed by atoms with Gasteiger partial charge in [-0.25, -0.2) is 4.39 Å². The van der Waals surface area contributed by atoms with Gasteiger partial charge in [-0.15, -0.1) is 0 Å². The van der Waals surface area contributed by atoms with E-state index in [1.165, 1.54) is 18.2 Å². The topological polar surface area (TPSA) is 49.9 Å². The third kappa shape index (κ3) is 5.26. The minimum Gasteiger partial charge on any atom is -0.494 e. The molecule has 0 aromatic heterocycles. The molecule has 1 saturated heterocycles. The van der Waals surface area contributed by atoms with Crippen LogP contribution in [0.1, 0.15) is 40.5 Å². The van der Waals surface area contributed by atoms with Gasteiger partial charge in [0.2, 0.25) is 0 Å². The van der Waals surface area contributed by atoms with Crippen LogP contribution >= 0.6 is 11.6 Å². The van der Waals surface area contributed by atoms with Gasteiger partial charge in [0.25, 0.3) is 11.8 Å². The van der Waals surface area contributed by atoms with Gasteiger partial charge < -0.3 is 14.5 Å². The van der Waals surface area contributed by atoms with Crippen LogP contribution in [0.25, 0.3) is 0 Å². The summed E-state index contributed by atoms with van der Waals surface area (Å²) in [6, 6.07) is 11.0. The fraction of sp³-hybridized carbons (Fsp3) is 0.364. The van der Waals surface area contributed by atoms with Gasteiger partial charge in [0.15, 0.2) is 0 Å². The summed E-state index contributed by atoms with van der Waals surface area (Å²) in [5.41, 5.74) is 0.532. The number of halogens is 2. The Morgan fingerprint density at radius 3 is 2.24 bits per heavy atom. The van der Waals surface area contributed by atoms with E-state index in [2.05, 4.69) is 6.92 Å². The summed E-state index contributed by atoms with van der Waals surface area (Å²) in [5.74, 6) is -0.357. The van der Waals surface area contributed by atoms with Gasteiger partial charge in [0.05, 0.1) is 12.2 Å². The Kier molecular flexibility index (Phi) is 7.09. The molecule has 1 fully saturated rings. The maximum absolute atomic E-state index is 14.0. The summed E-state index contributed by atoms with van der Waals surface area (Å²) in [4.78, 5) is 28.5. The van der Waals surface area contributed by atoms with Crippen molar-refractivity contribution >= 4 is 23.4 Å². The molecule has 29 heavy (non-hydrogen) atoms. The van der Waals surface area contributed by atoms with Gasteiger partial charge in [-0.1, -0.05) is 24.9 Å². The Morgan fingerprint density at radius 2 is 1.62 bits per heavy atom. The highest BCUT2D eigenvalue weighted by Crippen LogP contribution is 2.19. The molecule has 1 heterocycles. The van der Waals surface area contributed by atoms with Crippen LogP contribution in [0.15, 0.2) is 42.5 Å². The second-order valence-electron chi connectivity index (χ2n) is 6.93. The van der Waals surface area contributed by atoms with Crippen molar-refractivity contribution in [2.75, 3.05) is 32.8 Å². The third-order valence-electron chi connectivity index (χ3n) is 4.88. The number of ether oxygens (including phenoxy) is 1. The molecule has 3 rings (SSSR count). The first-order valence-corrected chi connectivity index (χ1v) is 10.1. The Hall–Kier alpha value is -2.60. The van der Waals surface area contributed by atoms with Crippen LogP contribution in [-0.4, -0.2) is 54.4 Å². The lowest BCUT2D eigenvalue weighted by Gasteiger charge is -2.35. The molecule has 154 valence electrons. The molecule has 1 aliphatic rings. The van der Waals surface area contributed by atoms with Crippen LogP contribution in [-0.2, 0) is 0 Å². The molecule has 0 aliphatic carbocycles. The second kappa shape index (κ2) is 9.74. The number of piperazine rings is 1. The minimum atomic E-state index is -0.598. The normalized spacial score (nSPS) is 14.0. The van der Waals surface area contributed by atoms with Crippen molar-refractivity contribution in [3.05, 3.63) is 64.4 Å². The van der Waals surface area contributed by atoms with E-state index in [0.717, 1.165) is 18.6 Å². The summed E-state index contributed by atoms with van der Waals surface area (Å²) in [6.07, 6.45) is 2.05. The van der Waals surface area contributed by atoms with Crippen LogP contribution in [0.3, 0.4) is 0 Å². The Morgan fingerprint density at radius 1 is 1.00 bits per heavy atom. The number of hydrogen-bond acceptors (Lipinski definition) is 3. The molecule has 5 nitrogen and oxygen atoms in total. The zero-order chi connectivity index (χ0) is 20.8. The molecule has 2 amide bonds. The van der Waals surface area contributed by atoms with Gasteiger partial charge in [-0.2, -0.15) is 0 Å². The third-order valence-corrected chi connectivity index (χ3v) is 5.12. The molecule has 7 heteroatoms. The summed E-state index contributed by atoms with van der Waals surface area (Å²) in [5, 5.41) is 0.311.